The van der Waals surface area contributed by atoms with E-state index in [0.717, 1.165) is 15.4 Å². The van der Waals surface area contributed by atoms with E-state index in [-0.39, 0.29) is 23.2 Å². The molecule has 9 heteroatoms. The quantitative estimate of drug-likeness (QED) is 0.529. The van der Waals surface area contributed by atoms with E-state index in [1.54, 1.807) is 36.4 Å². The molecule has 8 nitrogen and oxygen atoms in total. The van der Waals surface area contributed by atoms with Gasteiger partial charge in [-0.1, -0.05) is 17.7 Å². The van der Waals surface area contributed by atoms with Crippen LogP contribution in [0.15, 0.2) is 68.5 Å². The number of aryl methyl sites for hydroxylation is 2. The van der Waals surface area contributed by atoms with Crippen molar-refractivity contribution in [1.29, 1.82) is 0 Å². The van der Waals surface area contributed by atoms with Gasteiger partial charge in [0, 0.05) is 0 Å². The Hall–Kier alpha value is -3.33. The van der Waals surface area contributed by atoms with Gasteiger partial charge in [0.15, 0.2) is 5.76 Å². The number of nitrogens with one attached hydrogen (secondary N) is 1. The molecule has 0 aliphatic rings. The lowest BCUT2D eigenvalue weighted by Gasteiger charge is -2.08. The van der Waals surface area contributed by atoms with Gasteiger partial charge in [0.25, 0.3) is 10.0 Å². The summed E-state index contributed by atoms with van der Waals surface area (Å²) in [4.78, 5) is 4.43. The molecule has 0 fully saturated rings. The van der Waals surface area contributed by atoms with Gasteiger partial charge in [-0.25, -0.2) is 0 Å². The Labute approximate surface area is 161 Å². The number of rotatable bonds is 6. The van der Waals surface area contributed by atoms with Crippen LogP contribution in [0.1, 0.15) is 17.1 Å². The molecule has 144 valence electrons. The van der Waals surface area contributed by atoms with Gasteiger partial charge < -0.3 is 14.2 Å². The van der Waals surface area contributed by atoms with Gasteiger partial charge in [-0.3, -0.25) is 0 Å². The van der Waals surface area contributed by atoms with Crippen molar-refractivity contribution in [2.45, 2.75) is 25.3 Å². The van der Waals surface area contributed by atoms with Crippen molar-refractivity contribution in [2.24, 2.45) is 0 Å². The summed E-state index contributed by atoms with van der Waals surface area (Å²) < 4.78 is 38.0. The summed E-state index contributed by atoms with van der Waals surface area (Å²) in [5, 5.41) is 7.16. The largest absolute Gasteiger partial charge is 0.465 e. The monoisotopic (exact) mass is 398 g/mol. The molecular formula is C19H18N4O4S. The molecule has 1 N–H and O–H groups in total. The molecule has 3 aromatic heterocycles. The van der Waals surface area contributed by atoms with Crippen LogP contribution >= 0.6 is 0 Å². The number of hydrogen-bond donors (Lipinski definition) is 1. The predicted octanol–water partition coefficient (Wildman–Crippen LogP) is 3.60. The van der Waals surface area contributed by atoms with E-state index >= 15 is 0 Å². The molecule has 0 aliphatic heterocycles. The maximum Gasteiger partial charge on any atom is 0.286 e. The molecule has 28 heavy (non-hydrogen) atoms. The number of benzene rings is 1. The van der Waals surface area contributed by atoms with E-state index in [1.807, 2.05) is 26.0 Å². The van der Waals surface area contributed by atoms with Crippen LogP contribution in [0.2, 0.25) is 0 Å². The van der Waals surface area contributed by atoms with Crippen molar-refractivity contribution < 1.29 is 17.3 Å². The second kappa shape index (κ2) is 7.01. The number of furan rings is 2. The van der Waals surface area contributed by atoms with E-state index in [1.165, 1.54) is 6.26 Å². The molecule has 0 bridgehead atoms. The Morgan fingerprint density at radius 3 is 2.50 bits per heavy atom. The Bertz CT molecular complexity index is 1190. The lowest BCUT2D eigenvalue weighted by molar-refractivity contribution is 0.490. The predicted molar refractivity (Wildman–Crippen MR) is 102 cm³/mol. The summed E-state index contributed by atoms with van der Waals surface area (Å²) in [7, 11) is -3.95. The lowest BCUT2D eigenvalue weighted by Crippen LogP contribution is -2.18. The van der Waals surface area contributed by atoms with Crippen LogP contribution in [0.4, 0.5) is 5.95 Å². The Balaban J connectivity index is 1.74. The van der Waals surface area contributed by atoms with Crippen LogP contribution in [0.25, 0.3) is 11.6 Å². The summed E-state index contributed by atoms with van der Waals surface area (Å²) in [5.74, 6) is 2.02. The normalized spacial score (nSPS) is 11.6. The van der Waals surface area contributed by atoms with Crippen molar-refractivity contribution in [3.63, 3.8) is 0 Å². The smallest absolute Gasteiger partial charge is 0.286 e. The zero-order valence-corrected chi connectivity index (χ0v) is 16.1. The van der Waals surface area contributed by atoms with Crippen molar-refractivity contribution in [1.82, 2.24) is 14.2 Å². The minimum Gasteiger partial charge on any atom is -0.465 e. The lowest BCUT2D eigenvalue weighted by atomic mass is 10.2. The average molecular weight is 398 g/mol. The summed E-state index contributed by atoms with van der Waals surface area (Å²) in [6, 6.07) is 13.5. The maximum atomic E-state index is 13.1. The van der Waals surface area contributed by atoms with E-state index in [9.17, 15) is 8.42 Å². The third-order valence-electron chi connectivity index (χ3n) is 4.08. The number of nitrogens with zero attached hydrogens (tertiary/aromatic N) is 3. The molecule has 0 spiro atoms. The molecule has 0 atom stereocenters. The Morgan fingerprint density at radius 2 is 1.86 bits per heavy atom. The second-order valence-electron chi connectivity index (χ2n) is 6.26. The van der Waals surface area contributed by atoms with Gasteiger partial charge >= 0.3 is 0 Å². The minimum absolute atomic E-state index is 0.0704. The molecule has 0 saturated carbocycles. The van der Waals surface area contributed by atoms with Crippen LogP contribution in [0.5, 0.6) is 0 Å². The fraction of sp³-hybridized carbons (Fsp3) is 0.158. The van der Waals surface area contributed by atoms with Crippen molar-refractivity contribution >= 4 is 16.0 Å². The third kappa shape index (κ3) is 3.44. The van der Waals surface area contributed by atoms with E-state index in [2.05, 4.69) is 15.4 Å². The van der Waals surface area contributed by atoms with Crippen LogP contribution in [0.3, 0.4) is 0 Å². The van der Waals surface area contributed by atoms with Gasteiger partial charge in [-0.2, -0.15) is 13.4 Å². The van der Waals surface area contributed by atoms with Crippen LogP contribution in [0, 0.1) is 13.8 Å². The topological polar surface area (TPSA) is 103 Å². The van der Waals surface area contributed by atoms with Gasteiger partial charge in [0.2, 0.25) is 11.8 Å². The van der Waals surface area contributed by atoms with E-state index in [0.29, 0.717) is 11.5 Å². The second-order valence-corrected chi connectivity index (χ2v) is 8.03. The third-order valence-corrected chi connectivity index (χ3v) is 5.66. The molecular weight excluding hydrogens is 380 g/mol. The highest BCUT2D eigenvalue weighted by Gasteiger charge is 2.25. The molecule has 0 radical (unpaired) electrons. The summed E-state index contributed by atoms with van der Waals surface area (Å²) in [6.45, 7) is 3.98. The fourth-order valence-corrected chi connectivity index (χ4v) is 3.84. The zero-order chi connectivity index (χ0) is 19.7. The van der Waals surface area contributed by atoms with Gasteiger partial charge in [0.05, 0.1) is 17.7 Å². The molecule has 0 unspecified atom stereocenters. The van der Waals surface area contributed by atoms with Gasteiger partial charge in [0.1, 0.15) is 11.5 Å². The Kier molecular flexibility index (Phi) is 4.52. The van der Waals surface area contributed by atoms with Crippen molar-refractivity contribution in [3.05, 3.63) is 71.9 Å². The van der Waals surface area contributed by atoms with Crippen molar-refractivity contribution in [2.75, 3.05) is 5.32 Å². The van der Waals surface area contributed by atoms with Gasteiger partial charge in [-0.05, 0) is 50.2 Å². The van der Waals surface area contributed by atoms with Crippen LogP contribution in [-0.2, 0) is 16.6 Å². The first-order valence-electron chi connectivity index (χ1n) is 8.56. The number of anilines is 1. The zero-order valence-electron chi connectivity index (χ0n) is 15.3. The average Bonchev–Trinajstić information content (AvgIpc) is 3.41. The highest BCUT2D eigenvalue weighted by Crippen LogP contribution is 2.23. The standard InChI is InChI=1S/C19H18N4O4S/c1-13-5-9-16(10-6-13)28(24,25)23-19(20-12-15-8-7-14(2)27-15)21-18(22-23)17-4-3-11-26-17/h3-11H,12H2,1-2H3,(H,20,21,22). The maximum absolute atomic E-state index is 13.1. The van der Waals surface area contributed by atoms with Crippen molar-refractivity contribution in [3.8, 4) is 11.6 Å². The number of aromatic nitrogens is 3. The first-order valence-corrected chi connectivity index (χ1v) is 10.00. The highest BCUT2D eigenvalue weighted by molar-refractivity contribution is 7.90. The van der Waals surface area contributed by atoms with Gasteiger partial charge in [-0.15, -0.1) is 9.19 Å². The van der Waals surface area contributed by atoms with E-state index in [4.69, 9.17) is 8.83 Å². The minimum atomic E-state index is -3.95. The highest BCUT2D eigenvalue weighted by atomic mass is 32.2. The fourth-order valence-electron chi connectivity index (χ4n) is 2.64. The molecule has 4 rings (SSSR count). The molecule has 0 aliphatic carbocycles. The molecule has 0 saturated heterocycles. The first kappa shape index (κ1) is 18.1. The summed E-state index contributed by atoms with van der Waals surface area (Å²) in [6.07, 6.45) is 1.48. The summed E-state index contributed by atoms with van der Waals surface area (Å²) in [5.41, 5.74) is 0.959. The first-order chi connectivity index (χ1) is 13.4. The Morgan fingerprint density at radius 1 is 1.07 bits per heavy atom. The van der Waals surface area contributed by atoms with Crippen LogP contribution < -0.4 is 5.32 Å². The van der Waals surface area contributed by atoms with E-state index < -0.39 is 10.0 Å². The van der Waals surface area contributed by atoms with Crippen LogP contribution in [-0.4, -0.2) is 22.6 Å². The number of hydrogen-bond acceptors (Lipinski definition) is 7. The molecule has 0 amide bonds. The molecule has 3 heterocycles. The molecule has 1 aromatic carbocycles. The summed E-state index contributed by atoms with van der Waals surface area (Å²) >= 11 is 0. The SMILES string of the molecule is Cc1ccc(S(=O)(=O)n2nc(-c3ccco3)nc2NCc2ccc(C)o2)cc1. The molecule has 4 aromatic rings.